The lowest BCUT2D eigenvalue weighted by Gasteiger charge is -2.07. The Bertz CT molecular complexity index is 880. The molecule has 1 N–H and O–H groups in total. The quantitative estimate of drug-likeness (QED) is 0.790. The number of benzene rings is 1. The van der Waals surface area contributed by atoms with Crippen molar-refractivity contribution in [2.24, 2.45) is 7.05 Å². The highest BCUT2D eigenvalue weighted by Gasteiger charge is 2.13. The molecule has 0 saturated carbocycles. The maximum Gasteiger partial charge on any atom is 0.253 e. The monoisotopic (exact) mass is 344 g/mol. The normalized spacial score (nSPS) is 10.6. The van der Waals surface area contributed by atoms with Crippen LogP contribution in [0.1, 0.15) is 16.1 Å². The van der Waals surface area contributed by atoms with Gasteiger partial charge in [-0.2, -0.15) is 5.10 Å². The van der Waals surface area contributed by atoms with E-state index in [1.807, 2.05) is 18.2 Å². The van der Waals surface area contributed by atoms with E-state index in [4.69, 9.17) is 11.6 Å². The summed E-state index contributed by atoms with van der Waals surface area (Å²) in [7, 11) is 1.80. The molecule has 122 valence electrons. The number of rotatable bonds is 4. The highest BCUT2D eigenvalue weighted by molar-refractivity contribution is 6.33. The minimum atomic E-state index is -0.481. The van der Waals surface area contributed by atoms with Gasteiger partial charge in [0.25, 0.3) is 5.91 Å². The molecule has 3 rings (SSSR count). The smallest absolute Gasteiger partial charge is 0.253 e. The van der Waals surface area contributed by atoms with Crippen LogP contribution in [0.2, 0.25) is 5.02 Å². The van der Waals surface area contributed by atoms with Crippen LogP contribution in [0.5, 0.6) is 0 Å². The van der Waals surface area contributed by atoms with Gasteiger partial charge < -0.3 is 5.32 Å². The minimum absolute atomic E-state index is 0.0787. The molecule has 0 aliphatic carbocycles. The summed E-state index contributed by atoms with van der Waals surface area (Å²) in [6.07, 6.45) is 3.39. The van der Waals surface area contributed by atoms with Crippen molar-refractivity contribution in [1.82, 2.24) is 20.1 Å². The predicted octanol–water partition coefficient (Wildman–Crippen LogP) is 3.20. The molecule has 0 aliphatic heterocycles. The molecule has 2 aromatic heterocycles. The molecule has 24 heavy (non-hydrogen) atoms. The lowest BCUT2D eigenvalue weighted by molar-refractivity contribution is 0.0950. The van der Waals surface area contributed by atoms with E-state index >= 15 is 0 Å². The first kappa shape index (κ1) is 16.1. The van der Waals surface area contributed by atoms with Gasteiger partial charge in [-0.25, -0.2) is 4.39 Å². The van der Waals surface area contributed by atoms with Gasteiger partial charge in [0.15, 0.2) is 0 Å². The highest BCUT2D eigenvalue weighted by Crippen LogP contribution is 2.19. The number of hydrogen-bond acceptors (Lipinski definition) is 3. The van der Waals surface area contributed by atoms with E-state index in [0.717, 1.165) is 23.0 Å². The molecule has 5 nitrogen and oxygen atoms in total. The summed E-state index contributed by atoms with van der Waals surface area (Å²) in [4.78, 5) is 16.2. The molecule has 3 aromatic rings. The molecule has 1 aromatic carbocycles. The summed E-state index contributed by atoms with van der Waals surface area (Å²) in [5.41, 5.74) is 2.80. The van der Waals surface area contributed by atoms with Crippen molar-refractivity contribution in [3.63, 3.8) is 0 Å². The Balaban J connectivity index is 1.73. The lowest BCUT2D eigenvalue weighted by atomic mass is 10.2. The van der Waals surface area contributed by atoms with Crippen molar-refractivity contribution in [2.75, 3.05) is 0 Å². The van der Waals surface area contributed by atoms with Crippen molar-refractivity contribution < 1.29 is 9.18 Å². The van der Waals surface area contributed by atoms with Gasteiger partial charge in [0.2, 0.25) is 0 Å². The summed E-state index contributed by atoms with van der Waals surface area (Å²) in [5.74, 6) is -0.850. The van der Waals surface area contributed by atoms with Crippen LogP contribution in [-0.2, 0) is 13.6 Å². The second-order valence-corrected chi connectivity index (χ2v) is 5.59. The Hall–Kier alpha value is -2.73. The number of aryl methyl sites for hydroxylation is 1. The van der Waals surface area contributed by atoms with Crippen molar-refractivity contribution in [2.45, 2.75) is 6.54 Å². The van der Waals surface area contributed by atoms with Crippen LogP contribution in [0.4, 0.5) is 4.39 Å². The average Bonchev–Trinajstić information content (AvgIpc) is 2.94. The number of amides is 1. The fourth-order valence-electron chi connectivity index (χ4n) is 2.27. The molecule has 0 fully saturated rings. The van der Waals surface area contributed by atoms with Gasteiger partial charge in [0.05, 0.1) is 28.5 Å². The maximum absolute atomic E-state index is 13.0. The Morgan fingerprint density at radius 3 is 2.71 bits per heavy atom. The largest absolute Gasteiger partial charge is 0.346 e. The number of nitrogens with one attached hydrogen (secondary N) is 1. The molecular weight excluding hydrogens is 331 g/mol. The average molecular weight is 345 g/mol. The van der Waals surface area contributed by atoms with Gasteiger partial charge >= 0.3 is 0 Å². The first-order valence-corrected chi connectivity index (χ1v) is 7.59. The molecule has 0 atom stereocenters. The SMILES string of the molecule is Cn1nc(-c2ccncc2)cc1CNC(=O)c1ccc(F)cc1Cl. The van der Waals surface area contributed by atoms with Gasteiger partial charge in [-0.1, -0.05) is 11.6 Å². The van der Waals surface area contributed by atoms with Gasteiger partial charge in [-0.15, -0.1) is 0 Å². The van der Waals surface area contributed by atoms with Gasteiger partial charge in [0, 0.05) is 25.0 Å². The Kier molecular flexibility index (Phi) is 4.57. The van der Waals surface area contributed by atoms with Crippen molar-refractivity contribution in [3.8, 4) is 11.3 Å². The van der Waals surface area contributed by atoms with E-state index in [2.05, 4.69) is 15.4 Å². The maximum atomic E-state index is 13.0. The first-order chi connectivity index (χ1) is 11.5. The number of carbonyl (C=O) groups excluding carboxylic acids is 1. The van der Waals surface area contributed by atoms with Crippen LogP contribution < -0.4 is 5.32 Å². The third kappa shape index (κ3) is 3.44. The number of pyridine rings is 1. The predicted molar refractivity (Wildman–Crippen MR) is 89.0 cm³/mol. The van der Waals surface area contributed by atoms with Gasteiger partial charge in [-0.05, 0) is 36.4 Å². The molecule has 0 spiro atoms. The van der Waals surface area contributed by atoms with E-state index in [1.165, 1.54) is 12.1 Å². The number of carbonyl (C=O) groups is 1. The number of hydrogen-bond donors (Lipinski definition) is 1. The number of halogens is 2. The molecule has 7 heteroatoms. The lowest BCUT2D eigenvalue weighted by Crippen LogP contribution is -2.24. The molecule has 0 bridgehead atoms. The molecule has 0 radical (unpaired) electrons. The van der Waals surface area contributed by atoms with Crippen molar-refractivity contribution >= 4 is 17.5 Å². The summed E-state index contributed by atoms with van der Waals surface area (Å²) >= 11 is 5.90. The molecule has 0 aliphatic rings. The van der Waals surface area contributed by atoms with Gasteiger partial charge in [-0.3, -0.25) is 14.5 Å². The van der Waals surface area contributed by atoms with E-state index < -0.39 is 5.82 Å². The second-order valence-electron chi connectivity index (χ2n) is 5.19. The van der Waals surface area contributed by atoms with E-state index in [1.54, 1.807) is 24.1 Å². The van der Waals surface area contributed by atoms with E-state index in [0.29, 0.717) is 0 Å². The molecular formula is C17H14ClFN4O. The Labute approximate surface area is 143 Å². The third-order valence-electron chi connectivity index (χ3n) is 3.56. The van der Waals surface area contributed by atoms with E-state index in [-0.39, 0.29) is 23.0 Å². The zero-order valence-electron chi connectivity index (χ0n) is 12.8. The van der Waals surface area contributed by atoms with Gasteiger partial charge in [0.1, 0.15) is 5.82 Å². The van der Waals surface area contributed by atoms with Crippen LogP contribution >= 0.6 is 11.6 Å². The summed E-state index contributed by atoms with van der Waals surface area (Å²) in [5, 5.41) is 7.26. The standard InChI is InChI=1S/C17H14ClFN4O/c1-23-13(9-16(22-23)11-4-6-20-7-5-11)10-21-17(24)14-3-2-12(19)8-15(14)18/h2-9H,10H2,1H3,(H,21,24). The van der Waals surface area contributed by atoms with Crippen LogP contribution in [0.15, 0.2) is 48.8 Å². The fraction of sp³-hybridized carbons (Fsp3) is 0.118. The molecule has 0 saturated heterocycles. The van der Waals surface area contributed by atoms with Crippen LogP contribution in [0.25, 0.3) is 11.3 Å². The second kappa shape index (κ2) is 6.80. The summed E-state index contributed by atoms with van der Waals surface area (Å²) in [6, 6.07) is 9.29. The summed E-state index contributed by atoms with van der Waals surface area (Å²) in [6.45, 7) is 0.279. The number of aromatic nitrogens is 3. The third-order valence-corrected chi connectivity index (χ3v) is 3.87. The Morgan fingerprint density at radius 2 is 2.00 bits per heavy atom. The molecule has 0 unspecified atom stereocenters. The zero-order valence-corrected chi connectivity index (χ0v) is 13.6. The minimum Gasteiger partial charge on any atom is -0.346 e. The summed E-state index contributed by atoms with van der Waals surface area (Å²) < 4.78 is 14.7. The fourth-order valence-corrected chi connectivity index (χ4v) is 2.53. The topological polar surface area (TPSA) is 59.8 Å². The highest BCUT2D eigenvalue weighted by atomic mass is 35.5. The van der Waals surface area contributed by atoms with Crippen molar-refractivity contribution in [1.29, 1.82) is 0 Å². The molecule has 2 heterocycles. The van der Waals surface area contributed by atoms with Crippen LogP contribution in [0, 0.1) is 5.82 Å². The number of nitrogens with zero attached hydrogens (tertiary/aromatic N) is 3. The Morgan fingerprint density at radius 1 is 1.25 bits per heavy atom. The van der Waals surface area contributed by atoms with Crippen LogP contribution in [-0.4, -0.2) is 20.7 Å². The molecule has 1 amide bonds. The van der Waals surface area contributed by atoms with Crippen molar-refractivity contribution in [3.05, 3.63) is 70.9 Å². The van der Waals surface area contributed by atoms with Crippen LogP contribution in [0.3, 0.4) is 0 Å². The zero-order chi connectivity index (χ0) is 17.1. The van der Waals surface area contributed by atoms with E-state index in [9.17, 15) is 9.18 Å². The first-order valence-electron chi connectivity index (χ1n) is 7.21.